The van der Waals surface area contributed by atoms with Crippen LogP contribution < -0.4 is 5.84 Å². The summed E-state index contributed by atoms with van der Waals surface area (Å²) in [6.07, 6.45) is 1.80. The molecule has 0 atom stereocenters. The molecule has 1 heterocycles. The minimum Gasteiger partial charge on any atom is -0.323 e. The van der Waals surface area contributed by atoms with Crippen LogP contribution in [0.3, 0.4) is 0 Å². The fourth-order valence-electron chi connectivity index (χ4n) is 1.71. The maximum absolute atomic E-state index is 8.80. The maximum atomic E-state index is 8.80. The lowest BCUT2D eigenvalue weighted by atomic mass is 10.2. The smallest absolute Gasteiger partial charge is 0.162 e. The molecule has 2 aromatic rings. The predicted octanol–water partition coefficient (Wildman–Crippen LogP) is 2.34. The Morgan fingerprint density at radius 1 is 1.32 bits per heavy atom. The highest BCUT2D eigenvalue weighted by Gasteiger charge is 2.14. The van der Waals surface area contributed by atoms with E-state index in [2.05, 4.69) is 5.10 Å². The van der Waals surface area contributed by atoms with E-state index in [0.717, 1.165) is 5.69 Å². The lowest BCUT2D eigenvalue weighted by Crippen LogP contribution is -2.18. The van der Waals surface area contributed by atoms with Gasteiger partial charge in [0.05, 0.1) is 5.69 Å². The average molecular weight is 272 g/mol. The standard InChI is InChI=1S/C13H10ClN5/c14-9-3-5-10(6-4-9)19-7-1-2-12(19)13(18-17)11(16)8-15/h1-7,16H,17H2. The van der Waals surface area contributed by atoms with Crippen molar-refractivity contribution in [2.24, 2.45) is 10.9 Å². The Morgan fingerprint density at radius 3 is 2.58 bits per heavy atom. The summed E-state index contributed by atoms with van der Waals surface area (Å²) in [7, 11) is 0. The first kappa shape index (κ1) is 12.9. The van der Waals surface area contributed by atoms with Crippen LogP contribution in [-0.2, 0) is 0 Å². The van der Waals surface area contributed by atoms with Crippen LogP contribution >= 0.6 is 11.6 Å². The van der Waals surface area contributed by atoms with Crippen LogP contribution in [0.5, 0.6) is 0 Å². The number of hydrogen-bond donors (Lipinski definition) is 2. The van der Waals surface area contributed by atoms with Gasteiger partial charge in [0, 0.05) is 16.9 Å². The predicted molar refractivity (Wildman–Crippen MR) is 74.8 cm³/mol. The Kier molecular flexibility index (Phi) is 3.64. The second kappa shape index (κ2) is 5.38. The van der Waals surface area contributed by atoms with E-state index in [4.69, 9.17) is 28.1 Å². The van der Waals surface area contributed by atoms with E-state index in [1.165, 1.54) is 0 Å². The summed E-state index contributed by atoms with van der Waals surface area (Å²) in [5.41, 5.74) is 1.28. The molecule has 0 saturated carbocycles. The largest absolute Gasteiger partial charge is 0.323 e. The highest BCUT2D eigenvalue weighted by Crippen LogP contribution is 2.17. The van der Waals surface area contributed by atoms with E-state index in [1.807, 2.05) is 12.1 Å². The van der Waals surface area contributed by atoms with Crippen LogP contribution in [0.15, 0.2) is 47.7 Å². The van der Waals surface area contributed by atoms with Gasteiger partial charge in [-0.2, -0.15) is 10.4 Å². The van der Waals surface area contributed by atoms with E-state index in [1.54, 1.807) is 41.1 Å². The van der Waals surface area contributed by atoms with E-state index < -0.39 is 0 Å². The van der Waals surface area contributed by atoms with Crippen molar-refractivity contribution in [2.45, 2.75) is 0 Å². The number of nitrogens with one attached hydrogen (secondary N) is 1. The molecule has 1 aromatic heterocycles. The summed E-state index contributed by atoms with van der Waals surface area (Å²) in [5, 5.41) is 20.5. The first-order valence-corrected chi connectivity index (χ1v) is 5.75. The molecule has 3 N–H and O–H groups in total. The third-order valence-corrected chi connectivity index (χ3v) is 2.83. The summed E-state index contributed by atoms with van der Waals surface area (Å²) in [6, 6.07) is 12.4. The van der Waals surface area contributed by atoms with Crippen molar-refractivity contribution in [3.8, 4) is 11.8 Å². The van der Waals surface area contributed by atoms with Gasteiger partial charge in [-0.1, -0.05) is 11.6 Å². The van der Waals surface area contributed by atoms with Crippen molar-refractivity contribution >= 4 is 23.0 Å². The Morgan fingerprint density at radius 2 is 2.00 bits per heavy atom. The first-order chi connectivity index (χ1) is 9.17. The molecule has 0 bridgehead atoms. The number of nitriles is 1. The summed E-state index contributed by atoms with van der Waals surface area (Å²) in [6.45, 7) is 0. The van der Waals surface area contributed by atoms with Gasteiger partial charge in [0.25, 0.3) is 0 Å². The van der Waals surface area contributed by atoms with Gasteiger partial charge in [-0.25, -0.2) is 0 Å². The molecule has 19 heavy (non-hydrogen) atoms. The van der Waals surface area contributed by atoms with Crippen LogP contribution in [-0.4, -0.2) is 16.0 Å². The Bertz CT molecular complexity index is 676. The van der Waals surface area contributed by atoms with Gasteiger partial charge in [0.2, 0.25) is 0 Å². The zero-order valence-electron chi connectivity index (χ0n) is 9.84. The minimum absolute atomic E-state index is 0.141. The number of benzene rings is 1. The number of rotatable bonds is 3. The number of nitrogens with two attached hydrogens (primary N) is 1. The van der Waals surface area contributed by atoms with E-state index in [0.29, 0.717) is 10.7 Å². The van der Waals surface area contributed by atoms with Gasteiger partial charge >= 0.3 is 0 Å². The molecule has 5 nitrogen and oxygen atoms in total. The molecule has 0 aliphatic carbocycles. The summed E-state index contributed by atoms with van der Waals surface area (Å²) >= 11 is 5.85. The molecule has 0 amide bonds. The summed E-state index contributed by atoms with van der Waals surface area (Å²) in [4.78, 5) is 0. The average Bonchev–Trinajstić information content (AvgIpc) is 2.89. The lowest BCUT2D eigenvalue weighted by Gasteiger charge is -2.09. The van der Waals surface area contributed by atoms with Gasteiger partial charge in [-0.3, -0.25) is 5.41 Å². The fourth-order valence-corrected chi connectivity index (χ4v) is 1.84. The number of hydrogen-bond acceptors (Lipinski definition) is 4. The van der Waals surface area contributed by atoms with Crippen LogP contribution in [0.25, 0.3) is 5.69 Å². The SMILES string of the molecule is N#CC(=N)C(=NN)c1cccn1-c1ccc(Cl)cc1. The number of halogens is 1. The van der Waals surface area contributed by atoms with Crippen molar-refractivity contribution in [3.05, 3.63) is 53.3 Å². The zero-order chi connectivity index (χ0) is 13.8. The molecule has 0 spiro atoms. The number of aromatic nitrogens is 1. The topological polar surface area (TPSA) is 90.9 Å². The van der Waals surface area contributed by atoms with Gasteiger partial charge in [0.15, 0.2) is 5.71 Å². The van der Waals surface area contributed by atoms with Gasteiger partial charge in [-0.05, 0) is 36.4 Å². The van der Waals surface area contributed by atoms with Gasteiger partial charge < -0.3 is 10.4 Å². The fraction of sp³-hybridized carbons (Fsp3) is 0. The maximum Gasteiger partial charge on any atom is 0.162 e. The van der Waals surface area contributed by atoms with Crippen LogP contribution in [0, 0.1) is 16.7 Å². The highest BCUT2D eigenvalue weighted by atomic mass is 35.5. The highest BCUT2D eigenvalue weighted by molar-refractivity contribution is 6.52. The lowest BCUT2D eigenvalue weighted by molar-refractivity contribution is 1.06. The third-order valence-electron chi connectivity index (χ3n) is 2.57. The Labute approximate surface area is 115 Å². The van der Waals surface area contributed by atoms with E-state index in [9.17, 15) is 0 Å². The van der Waals surface area contributed by atoms with Gasteiger partial charge in [0.1, 0.15) is 11.8 Å². The third kappa shape index (κ3) is 2.49. The quantitative estimate of drug-likeness (QED) is 0.509. The summed E-state index contributed by atoms with van der Waals surface area (Å²) < 4.78 is 1.79. The zero-order valence-corrected chi connectivity index (χ0v) is 10.6. The van der Waals surface area contributed by atoms with Crippen LogP contribution in [0.4, 0.5) is 0 Å². The van der Waals surface area contributed by atoms with Crippen molar-refractivity contribution in [1.29, 1.82) is 10.7 Å². The van der Waals surface area contributed by atoms with Crippen molar-refractivity contribution in [2.75, 3.05) is 0 Å². The molecule has 0 unspecified atom stereocenters. The van der Waals surface area contributed by atoms with Crippen LogP contribution in [0.1, 0.15) is 5.69 Å². The molecule has 0 aliphatic heterocycles. The molecule has 0 saturated heterocycles. The minimum atomic E-state index is -0.281. The Hall–Kier alpha value is -2.58. The molecule has 0 aliphatic rings. The van der Waals surface area contributed by atoms with Crippen molar-refractivity contribution in [1.82, 2.24) is 4.57 Å². The van der Waals surface area contributed by atoms with Crippen molar-refractivity contribution < 1.29 is 0 Å². The number of nitrogens with zero attached hydrogens (tertiary/aromatic N) is 3. The Balaban J connectivity index is 2.52. The first-order valence-electron chi connectivity index (χ1n) is 5.38. The van der Waals surface area contributed by atoms with Crippen molar-refractivity contribution in [3.63, 3.8) is 0 Å². The molecule has 1 aromatic carbocycles. The molecule has 0 fully saturated rings. The van der Waals surface area contributed by atoms with Gasteiger partial charge in [-0.15, -0.1) is 0 Å². The van der Waals surface area contributed by atoms with E-state index >= 15 is 0 Å². The molecule has 94 valence electrons. The monoisotopic (exact) mass is 271 g/mol. The molecular weight excluding hydrogens is 262 g/mol. The molecular formula is C13H10ClN5. The second-order valence-corrected chi connectivity index (χ2v) is 4.14. The molecule has 2 rings (SSSR count). The molecule has 6 heteroatoms. The summed E-state index contributed by atoms with van der Waals surface area (Å²) in [5.74, 6) is 5.27. The second-order valence-electron chi connectivity index (χ2n) is 3.70. The molecule has 0 radical (unpaired) electrons. The van der Waals surface area contributed by atoms with E-state index in [-0.39, 0.29) is 11.4 Å². The number of hydrazone groups is 1. The van der Waals surface area contributed by atoms with Crippen LogP contribution in [0.2, 0.25) is 5.02 Å². The normalized spacial score (nSPS) is 11.1.